The molecule has 7 rings (SSSR count). The SMILES string of the molecule is [2H]C([2H])([2H])N1CC/C(=C\F)[C@](C)(C([2H])([2H])Oc2nc(N3CCOC[C@H]4[C@H](F)[C@H]43)c3c(C#CC)nc(-c4cc(O)cc5ccc(F)c(C#C)c45)c(F)c3n2)C1. The van der Waals surface area contributed by atoms with Crippen LogP contribution in [0.15, 0.2) is 36.2 Å². The molecule has 0 unspecified atom stereocenters. The molecule has 1 N–H and O–H groups in total. The highest BCUT2D eigenvalue weighted by molar-refractivity contribution is 6.04. The van der Waals surface area contributed by atoms with E-state index in [1.807, 2.05) is 0 Å². The molecule has 0 amide bonds. The largest absolute Gasteiger partial charge is 0.508 e. The van der Waals surface area contributed by atoms with Crippen LogP contribution in [0.3, 0.4) is 0 Å². The van der Waals surface area contributed by atoms with E-state index in [1.165, 1.54) is 30.9 Å². The molecule has 252 valence electrons. The summed E-state index contributed by atoms with van der Waals surface area (Å²) < 4.78 is 115. The molecule has 4 atom stereocenters. The van der Waals surface area contributed by atoms with Crippen LogP contribution in [0, 0.1) is 47.2 Å². The molecule has 49 heavy (non-hydrogen) atoms. The Morgan fingerprint density at radius 3 is 2.84 bits per heavy atom. The molecule has 4 aromatic rings. The third-order valence-corrected chi connectivity index (χ3v) is 9.26. The normalized spacial score (nSPS) is 26.7. The number of likely N-dealkylation sites (tertiary alicyclic amines) is 1. The molecule has 12 heteroatoms. The number of hydrogen-bond acceptors (Lipinski definition) is 8. The van der Waals surface area contributed by atoms with Gasteiger partial charge < -0.3 is 24.4 Å². The highest BCUT2D eigenvalue weighted by atomic mass is 19.1. The number of hydrogen-bond donors (Lipinski definition) is 1. The number of alkyl halides is 1. The van der Waals surface area contributed by atoms with Crippen LogP contribution in [-0.2, 0) is 4.74 Å². The summed E-state index contributed by atoms with van der Waals surface area (Å²) in [5.74, 6) is 4.93. The predicted octanol–water partition coefficient (Wildman–Crippen LogP) is 5.93. The zero-order chi connectivity index (χ0) is 38.9. The van der Waals surface area contributed by atoms with Crippen molar-refractivity contribution in [3.8, 4) is 47.2 Å². The fraction of sp³-hybridized carbons (Fsp3) is 0.378. The molecular weight excluding hydrogens is 638 g/mol. The van der Waals surface area contributed by atoms with Gasteiger partial charge in [-0.05, 0) is 55.4 Å². The highest BCUT2D eigenvalue weighted by Crippen LogP contribution is 2.46. The van der Waals surface area contributed by atoms with Crippen LogP contribution in [0.4, 0.5) is 23.4 Å². The van der Waals surface area contributed by atoms with E-state index in [2.05, 4.69) is 32.7 Å². The van der Waals surface area contributed by atoms with E-state index in [4.69, 9.17) is 22.8 Å². The maximum absolute atomic E-state index is 17.3. The van der Waals surface area contributed by atoms with Crippen molar-refractivity contribution in [1.82, 2.24) is 19.9 Å². The Labute approximate surface area is 287 Å². The van der Waals surface area contributed by atoms with E-state index in [1.54, 1.807) is 0 Å². The molecule has 1 aliphatic carbocycles. The Hall–Kier alpha value is -4.91. The average Bonchev–Trinajstić information content (AvgIpc) is 3.81. The number of halogens is 4. The lowest BCUT2D eigenvalue weighted by Crippen LogP contribution is -2.44. The van der Waals surface area contributed by atoms with Gasteiger partial charge in [0, 0.05) is 46.0 Å². The Bertz CT molecular complexity index is 2340. The number of phenolic OH excluding ortho intramolecular Hbond substituents is 1. The van der Waals surface area contributed by atoms with Crippen molar-refractivity contribution in [1.29, 1.82) is 0 Å². The minimum absolute atomic E-state index is 0.0545. The van der Waals surface area contributed by atoms with Gasteiger partial charge in [-0.15, -0.1) is 6.42 Å². The Morgan fingerprint density at radius 2 is 2.08 bits per heavy atom. The van der Waals surface area contributed by atoms with Crippen LogP contribution in [0.5, 0.6) is 11.8 Å². The number of rotatable bonds is 5. The van der Waals surface area contributed by atoms with Crippen LogP contribution in [0.25, 0.3) is 32.9 Å². The smallest absolute Gasteiger partial charge is 0.319 e. The first-order chi connectivity index (χ1) is 25.5. The second-order valence-corrected chi connectivity index (χ2v) is 12.4. The summed E-state index contributed by atoms with van der Waals surface area (Å²) in [7, 11) is 0. The number of fused-ring (bicyclic) bond motifs is 3. The van der Waals surface area contributed by atoms with Crippen LogP contribution in [-0.4, -0.2) is 83.6 Å². The van der Waals surface area contributed by atoms with Crippen LogP contribution in [0.2, 0.25) is 0 Å². The molecule has 1 saturated carbocycles. The fourth-order valence-electron chi connectivity index (χ4n) is 6.74. The highest BCUT2D eigenvalue weighted by Gasteiger charge is 2.56. The summed E-state index contributed by atoms with van der Waals surface area (Å²) in [5.41, 5.74) is -3.35. The second kappa shape index (κ2) is 12.5. The van der Waals surface area contributed by atoms with Gasteiger partial charge >= 0.3 is 6.01 Å². The number of aromatic hydroxyl groups is 1. The van der Waals surface area contributed by atoms with Gasteiger partial charge in [0.1, 0.15) is 47.0 Å². The molecule has 0 bridgehead atoms. The van der Waals surface area contributed by atoms with Gasteiger partial charge in [0.25, 0.3) is 0 Å². The zero-order valence-corrected chi connectivity index (χ0v) is 26.5. The first-order valence-corrected chi connectivity index (χ1v) is 15.5. The van der Waals surface area contributed by atoms with Gasteiger partial charge in [-0.1, -0.05) is 24.8 Å². The van der Waals surface area contributed by atoms with Gasteiger partial charge in [-0.25, -0.2) is 22.5 Å². The zero-order valence-electron chi connectivity index (χ0n) is 31.5. The quantitative estimate of drug-likeness (QED) is 0.206. The summed E-state index contributed by atoms with van der Waals surface area (Å²) in [6.07, 6.45) is 4.43. The second-order valence-electron chi connectivity index (χ2n) is 12.4. The van der Waals surface area contributed by atoms with E-state index in [-0.39, 0.29) is 89.2 Å². The molecule has 8 nitrogen and oxygen atoms in total. The molecule has 0 radical (unpaired) electrons. The van der Waals surface area contributed by atoms with Crippen LogP contribution in [0.1, 0.15) is 38.4 Å². The van der Waals surface area contributed by atoms with E-state index in [0.29, 0.717) is 0 Å². The Morgan fingerprint density at radius 1 is 1.24 bits per heavy atom. The average molecular weight is 677 g/mol. The van der Waals surface area contributed by atoms with Crippen LogP contribution < -0.4 is 9.64 Å². The summed E-state index contributed by atoms with van der Waals surface area (Å²) in [4.78, 5) is 15.9. The summed E-state index contributed by atoms with van der Waals surface area (Å²) in [5, 5.41) is 10.9. The van der Waals surface area contributed by atoms with Crippen molar-refractivity contribution in [2.45, 2.75) is 32.5 Å². The van der Waals surface area contributed by atoms with Gasteiger partial charge in [-0.3, -0.25) is 0 Å². The van der Waals surface area contributed by atoms with Crippen molar-refractivity contribution in [3.63, 3.8) is 0 Å². The predicted molar refractivity (Wildman–Crippen MR) is 178 cm³/mol. The van der Waals surface area contributed by atoms with Crippen molar-refractivity contribution in [2.75, 3.05) is 51.3 Å². The van der Waals surface area contributed by atoms with Gasteiger partial charge in [-0.2, -0.15) is 9.97 Å². The van der Waals surface area contributed by atoms with Gasteiger partial charge in [0.15, 0.2) is 5.82 Å². The Kier molecular flexibility index (Phi) is 6.89. The van der Waals surface area contributed by atoms with Gasteiger partial charge in [0.2, 0.25) is 0 Å². The monoisotopic (exact) mass is 676 g/mol. The summed E-state index contributed by atoms with van der Waals surface area (Å²) in [6.45, 7) is -2.98. The molecule has 2 aliphatic heterocycles. The third-order valence-electron chi connectivity index (χ3n) is 9.26. The maximum atomic E-state index is 17.3. The van der Waals surface area contributed by atoms with Crippen molar-refractivity contribution in [3.05, 3.63) is 59.1 Å². The van der Waals surface area contributed by atoms with E-state index in [9.17, 15) is 9.50 Å². The molecule has 3 aliphatic rings. The number of benzene rings is 2. The number of terminal acetylenes is 1. The lowest BCUT2D eigenvalue weighted by Gasteiger charge is -2.40. The number of pyridine rings is 1. The Balaban J connectivity index is 1.49. The van der Waals surface area contributed by atoms with Crippen molar-refractivity contribution < 1.29 is 39.0 Å². The standard InChI is InChI=1S/C37H33F4N5O3/c1-5-7-27-29-33(31(41)32(42-27)24-15-22(47)14-20-8-9-26(39)23(6-2)28(20)24)43-36(49-19-37(3)18-45(4)11-10-21(37)16-38)44-35(29)46-12-13-48-17-25-30(40)34(25)46/h2,8-9,14-16,25,30,34,47H,10-13,17-19H2,1,3-4H3/b21-16+/t25-,30-,34-,37-/m0/s1/i4D3,19D2. The molecular formula is C37H33F4N5O3. The third kappa shape index (κ3) is 5.59. The number of aromatic nitrogens is 3. The first kappa shape index (κ1) is 27.0. The molecule has 2 saturated heterocycles. The summed E-state index contributed by atoms with van der Waals surface area (Å²) in [6, 6.07) is 3.43. The van der Waals surface area contributed by atoms with Crippen molar-refractivity contribution >= 4 is 27.5 Å². The number of ether oxygens (including phenoxy) is 2. The van der Waals surface area contributed by atoms with E-state index >= 15 is 13.2 Å². The number of nitrogens with zero attached hydrogens (tertiary/aromatic N) is 5. The molecule has 2 aromatic carbocycles. The summed E-state index contributed by atoms with van der Waals surface area (Å²) >= 11 is 0. The first-order valence-electron chi connectivity index (χ1n) is 18.0. The molecule has 2 aromatic heterocycles. The van der Waals surface area contributed by atoms with Crippen LogP contribution >= 0.6 is 0 Å². The lowest BCUT2D eigenvalue weighted by molar-refractivity contribution is 0.109. The topological polar surface area (TPSA) is 83.8 Å². The maximum Gasteiger partial charge on any atom is 0.319 e. The minimum atomic E-state index is -2.91. The lowest BCUT2D eigenvalue weighted by atomic mass is 9.78. The number of piperidine rings is 1. The number of anilines is 1. The van der Waals surface area contributed by atoms with Crippen molar-refractivity contribution in [2.24, 2.45) is 11.3 Å². The fourth-order valence-corrected chi connectivity index (χ4v) is 6.74. The van der Waals surface area contributed by atoms with E-state index in [0.717, 1.165) is 17.0 Å². The molecule has 0 spiro atoms. The number of phenols is 1. The minimum Gasteiger partial charge on any atom is -0.508 e. The van der Waals surface area contributed by atoms with E-state index < -0.39 is 72.5 Å². The van der Waals surface area contributed by atoms with Gasteiger partial charge in [0.05, 0.1) is 39.3 Å². The molecule has 3 fully saturated rings. The molecule has 4 heterocycles.